The van der Waals surface area contributed by atoms with Gasteiger partial charge in [0, 0.05) is 33.4 Å². The first kappa shape index (κ1) is 13.8. The standard InChI is InChI=1S/C16H13BrN2O2/c17-12-6-11(7-13(18)8-12)16(21)10-1-3-14-9(5-10)2-4-15(20)19-14/h1,3,5-8H,2,4,18H2,(H,19,20). The van der Waals surface area contributed by atoms with Gasteiger partial charge in [0.15, 0.2) is 5.78 Å². The Hall–Kier alpha value is -2.14. The second kappa shape index (κ2) is 5.33. The van der Waals surface area contributed by atoms with Gasteiger partial charge in [-0.25, -0.2) is 0 Å². The number of hydrogen-bond donors (Lipinski definition) is 2. The van der Waals surface area contributed by atoms with Crippen LogP contribution < -0.4 is 11.1 Å². The lowest BCUT2D eigenvalue weighted by atomic mass is 9.96. The highest BCUT2D eigenvalue weighted by Gasteiger charge is 2.17. The molecule has 1 amide bonds. The van der Waals surface area contributed by atoms with E-state index in [0.29, 0.717) is 29.7 Å². The van der Waals surface area contributed by atoms with Crippen LogP contribution in [0.5, 0.6) is 0 Å². The highest BCUT2D eigenvalue weighted by atomic mass is 79.9. The average molecular weight is 345 g/mol. The second-order valence-electron chi connectivity index (χ2n) is 5.02. The van der Waals surface area contributed by atoms with Gasteiger partial charge in [-0.1, -0.05) is 15.9 Å². The molecule has 0 spiro atoms. The van der Waals surface area contributed by atoms with E-state index in [2.05, 4.69) is 21.2 Å². The number of halogens is 1. The maximum Gasteiger partial charge on any atom is 0.224 e. The van der Waals surface area contributed by atoms with Gasteiger partial charge in [0.1, 0.15) is 0 Å². The Kier molecular flexibility index (Phi) is 3.51. The summed E-state index contributed by atoms with van der Waals surface area (Å²) in [5, 5.41) is 2.81. The van der Waals surface area contributed by atoms with Crippen molar-refractivity contribution in [3.05, 3.63) is 57.6 Å². The number of carbonyl (C=O) groups is 2. The minimum atomic E-state index is -0.0808. The molecule has 0 fully saturated rings. The molecule has 2 aromatic carbocycles. The molecule has 0 aliphatic carbocycles. The van der Waals surface area contributed by atoms with E-state index in [9.17, 15) is 9.59 Å². The van der Waals surface area contributed by atoms with Crippen molar-refractivity contribution in [3.63, 3.8) is 0 Å². The first-order valence-corrected chi connectivity index (χ1v) is 7.36. The minimum Gasteiger partial charge on any atom is -0.399 e. The second-order valence-corrected chi connectivity index (χ2v) is 5.94. The Balaban J connectivity index is 1.97. The smallest absolute Gasteiger partial charge is 0.224 e. The number of anilines is 2. The van der Waals surface area contributed by atoms with Crippen molar-refractivity contribution in [2.75, 3.05) is 11.1 Å². The van der Waals surface area contributed by atoms with Crippen LogP contribution in [-0.4, -0.2) is 11.7 Å². The Labute approximate surface area is 130 Å². The van der Waals surface area contributed by atoms with Gasteiger partial charge >= 0.3 is 0 Å². The van der Waals surface area contributed by atoms with Crippen molar-refractivity contribution in [1.29, 1.82) is 0 Å². The highest BCUT2D eigenvalue weighted by molar-refractivity contribution is 9.10. The molecule has 1 aliphatic heterocycles. The van der Waals surface area contributed by atoms with Gasteiger partial charge in [0.25, 0.3) is 0 Å². The van der Waals surface area contributed by atoms with E-state index in [4.69, 9.17) is 5.73 Å². The maximum atomic E-state index is 12.5. The molecule has 0 aromatic heterocycles. The number of ketones is 1. The van der Waals surface area contributed by atoms with Crippen molar-refractivity contribution < 1.29 is 9.59 Å². The third-order valence-corrected chi connectivity index (χ3v) is 3.90. The van der Waals surface area contributed by atoms with Gasteiger partial charge in [-0.3, -0.25) is 9.59 Å². The quantitative estimate of drug-likeness (QED) is 0.649. The van der Waals surface area contributed by atoms with Crippen LogP contribution in [0.2, 0.25) is 0 Å². The lowest BCUT2D eigenvalue weighted by Crippen LogP contribution is -2.19. The van der Waals surface area contributed by atoms with Gasteiger partial charge in [-0.05, 0) is 48.4 Å². The fraction of sp³-hybridized carbons (Fsp3) is 0.125. The molecule has 1 aliphatic rings. The molecule has 21 heavy (non-hydrogen) atoms. The molecule has 2 aromatic rings. The molecule has 3 N–H and O–H groups in total. The van der Waals surface area contributed by atoms with E-state index < -0.39 is 0 Å². The molecule has 0 saturated carbocycles. The van der Waals surface area contributed by atoms with Crippen LogP contribution in [0.25, 0.3) is 0 Å². The summed E-state index contributed by atoms with van der Waals surface area (Å²) < 4.78 is 0.774. The fourth-order valence-electron chi connectivity index (χ4n) is 2.43. The summed E-state index contributed by atoms with van der Waals surface area (Å²) in [4.78, 5) is 23.9. The third-order valence-electron chi connectivity index (χ3n) is 3.45. The van der Waals surface area contributed by atoms with E-state index in [-0.39, 0.29) is 11.7 Å². The van der Waals surface area contributed by atoms with Gasteiger partial charge < -0.3 is 11.1 Å². The Bertz CT molecular complexity index is 736. The summed E-state index contributed by atoms with van der Waals surface area (Å²) in [6, 6.07) is 10.5. The molecule has 5 heteroatoms. The monoisotopic (exact) mass is 344 g/mol. The molecule has 4 nitrogen and oxygen atoms in total. The van der Waals surface area contributed by atoms with Crippen molar-refractivity contribution >= 4 is 39.0 Å². The Morgan fingerprint density at radius 2 is 1.90 bits per heavy atom. The third kappa shape index (κ3) is 2.83. The first-order chi connectivity index (χ1) is 10.0. The number of benzene rings is 2. The molecule has 106 valence electrons. The number of fused-ring (bicyclic) bond motifs is 1. The summed E-state index contributed by atoms with van der Waals surface area (Å²) in [5.41, 5.74) is 9.23. The molecule has 0 radical (unpaired) electrons. The van der Waals surface area contributed by atoms with Crippen LogP contribution in [-0.2, 0) is 11.2 Å². The lowest BCUT2D eigenvalue weighted by molar-refractivity contribution is -0.116. The van der Waals surface area contributed by atoms with E-state index in [0.717, 1.165) is 15.7 Å². The Morgan fingerprint density at radius 1 is 1.10 bits per heavy atom. The molecular formula is C16H13BrN2O2. The molecule has 1 heterocycles. The van der Waals surface area contributed by atoms with Crippen LogP contribution in [0.1, 0.15) is 27.9 Å². The number of hydrogen-bond acceptors (Lipinski definition) is 3. The van der Waals surface area contributed by atoms with Crippen molar-refractivity contribution in [2.45, 2.75) is 12.8 Å². The maximum absolute atomic E-state index is 12.5. The van der Waals surface area contributed by atoms with Gasteiger partial charge in [-0.2, -0.15) is 0 Å². The molecule has 0 saturated heterocycles. The average Bonchev–Trinajstić information content (AvgIpc) is 2.45. The molecular weight excluding hydrogens is 332 g/mol. The van der Waals surface area contributed by atoms with Gasteiger partial charge in [-0.15, -0.1) is 0 Å². The number of aryl methyl sites for hydroxylation is 1. The van der Waals surface area contributed by atoms with Crippen LogP contribution >= 0.6 is 15.9 Å². The predicted octanol–water partition coefficient (Wildman–Crippen LogP) is 3.15. The number of nitrogen functional groups attached to an aromatic ring is 1. The van der Waals surface area contributed by atoms with E-state index in [1.165, 1.54) is 0 Å². The summed E-state index contributed by atoms with van der Waals surface area (Å²) in [6.45, 7) is 0. The summed E-state index contributed by atoms with van der Waals surface area (Å²) >= 11 is 3.34. The molecule has 0 bridgehead atoms. The number of amides is 1. The van der Waals surface area contributed by atoms with Crippen LogP contribution in [0.4, 0.5) is 11.4 Å². The molecule has 0 atom stereocenters. The van der Waals surface area contributed by atoms with E-state index in [1.807, 2.05) is 6.07 Å². The predicted molar refractivity (Wildman–Crippen MR) is 85.4 cm³/mol. The van der Waals surface area contributed by atoms with E-state index >= 15 is 0 Å². The molecule has 0 unspecified atom stereocenters. The lowest BCUT2D eigenvalue weighted by Gasteiger charge is -2.17. The highest BCUT2D eigenvalue weighted by Crippen LogP contribution is 2.26. The SMILES string of the molecule is Nc1cc(Br)cc(C(=O)c2ccc3c(c2)CCC(=O)N3)c1. The zero-order valence-corrected chi connectivity index (χ0v) is 12.7. The fourth-order valence-corrected chi connectivity index (χ4v) is 2.95. The number of nitrogens with one attached hydrogen (secondary N) is 1. The first-order valence-electron chi connectivity index (χ1n) is 6.56. The van der Waals surface area contributed by atoms with Crippen molar-refractivity contribution in [2.24, 2.45) is 0 Å². The number of rotatable bonds is 2. The number of carbonyl (C=O) groups excluding carboxylic acids is 2. The topological polar surface area (TPSA) is 72.2 Å². The zero-order valence-electron chi connectivity index (χ0n) is 11.2. The largest absolute Gasteiger partial charge is 0.399 e. The van der Waals surface area contributed by atoms with E-state index in [1.54, 1.807) is 30.3 Å². The number of nitrogens with two attached hydrogens (primary N) is 1. The van der Waals surface area contributed by atoms with Crippen LogP contribution in [0, 0.1) is 0 Å². The van der Waals surface area contributed by atoms with Crippen molar-refractivity contribution in [1.82, 2.24) is 0 Å². The summed E-state index contributed by atoms with van der Waals surface area (Å²) in [6.07, 6.45) is 1.11. The zero-order chi connectivity index (χ0) is 15.0. The summed E-state index contributed by atoms with van der Waals surface area (Å²) in [7, 11) is 0. The van der Waals surface area contributed by atoms with Crippen LogP contribution in [0.3, 0.4) is 0 Å². The normalized spacial score (nSPS) is 13.5. The summed E-state index contributed by atoms with van der Waals surface area (Å²) in [5.74, 6) is -0.0657. The van der Waals surface area contributed by atoms with Crippen molar-refractivity contribution in [3.8, 4) is 0 Å². The minimum absolute atomic E-state index is 0.0151. The Morgan fingerprint density at radius 3 is 2.67 bits per heavy atom. The van der Waals surface area contributed by atoms with Crippen LogP contribution in [0.15, 0.2) is 40.9 Å². The molecule has 3 rings (SSSR count). The van der Waals surface area contributed by atoms with Gasteiger partial charge in [0.2, 0.25) is 5.91 Å². The van der Waals surface area contributed by atoms with Gasteiger partial charge in [0.05, 0.1) is 0 Å².